The van der Waals surface area contributed by atoms with Gasteiger partial charge >= 0.3 is 0 Å². The van der Waals surface area contributed by atoms with Crippen molar-refractivity contribution in [3.05, 3.63) is 60.2 Å². The molecule has 2 aromatic rings. The van der Waals surface area contributed by atoms with Gasteiger partial charge in [0.15, 0.2) is 0 Å². The molecule has 0 heterocycles. The standard InChI is InChI=1S/C20H26N2O3S/c1-4-17-12-14-19(15-13-17)26(24,25)22(18-10-8-7-9-11-18)16-20(23)21(5-2)6-3/h7-15H,4-6,16H2,1-3H3. The van der Waals surface area contributed by atoms with Gasteiger partial charge in [0, 0.05) is 13.1 Å². The van der Waals surface area contributed by atoms with Gasteiger partial charge in [0.1, 0.15) is 6.54 Å². The molecule has 0 aliphatic rings. The predicted molar refractivity (Wildman–Crippen MR) is 105 cm³/mol. The minimum atomic E-state index is -3.84. The van der Waals surface area contributed by atoms with Crippen LogP contribution in [0, 0.1) is 0 Å². The summed E-state index contributed by atoms with van der Waals surface area (Å²) in [4.78, 5) is 14.4. The number of sulfonamides is 1. The van der Waals surface area contributed by atoms with Crippen LogP contribution >= 0.6 is 0 Å². The lowest BCUT2D eigenvalue weighted by Gasteiger charge is -2.27. The monoisotopic (exact) mass is 374 g/mol. The van der Waals surface area contributed by atoms with Crippen LogP contribution in [0.1, 0.15) is 26.3 Å². The number of nitrogens with zero attached hydrogens (tertiary/aromatic N) is 2. The number of benzene rings is 2. The number of likely N-dealkylation sites (N-methyl/N-ethyl adjacent to an activating group) is 1. The highest BCUT2D eigenvalue weighted by Crippen LogP contribution is 2.24. The van der Waals surface area contributed by atoms with Gasteiger partial charge < -0.3 is 4.90 Å². The van der Waals surface area contributed by atoms with Crippen LogP contribution in [0.3, 0.4) is 0 Å². The summed E-state index contributed by atoms with van der Waals surface area (Å²) in [5, 5.41) is 0. The third-order valence-electron chi connectivity index (χ3n) is 4.36. The molecule has 2 aromatic carbocycles. The largest absolute Gasteiger partial charge is 0.342 e. The Kier molecular flexibility index (Phi) is 6.80. The second-order valence-corrected chi connectivity index (χ2v) is 7.77. The summed E-state index contributed by atoms with van der Waals surface area (Å²) in [6.45, 7) is 6.65. The summed E-state index contributed by atoms with van der Waals surface area (Å²) < 4.78 is 27.6. The van der Waals surface area contributed by atoms with Crippen LogP contribution in [0.25, 0.3) is 0 Å². The van der Waals surface area contributed by atoms with E-state index in [-0.39, 0.29) is 17.3 Å². The number of carbonyl (C=O) groups excluding carboxylic acids is 1. The highest BCUT2D eigenvalue weighted by atomic mass is 32.2. The number of para-hydroxylation sites is 1. The fraction of sp³-hybridized carbons (Fsp3) is 0.350. The second-order valence-electron chi connectivity index (χ2n) is 5.91. The van der Waals surface area contributed by atoms with Crippen LogP contribution in [0.4, 0.5) is 5.69 Å². The number of carbonyl (C=O) groups is 1. The quantitative estimate of drug-likeness (QED) is 0.712. The first-order valence-electron chi connectivity index (χ1n) is 8.88. The van der Waals surface area contributed by atoms with E-state index in [0.717, 1.165) is 12.0 Å². The molecule has 140 valence electrons. The van der Waals surface area contributed by atoms with Gasteiger partial charge in [-0.2, -0.15) is 0 Å². The maximum atomic E-state index is 13.2. The summed E-state index contributed by atoms with van der Waals surface area (Å²) in [5.41, 5.74) is 1.54. The number of amides is 1. The highest BCUT2D eigenvalue weighted by Gasteiger charge is 2.28. The van der Waals surface area contributed by atoms with E-state index < -0.39 is 10.0 Å². The van der Waals surface area contributed by atoms with Gasteiger partial charge in [0.05, 0.1) is 10.6 Å². The first-order chi connectivity index (χ1) is 12.4. The van der Waals surface area contributed by atoms with Crippen LogP contribution in [-0.4, -0.2) is 38.9 Å². The lowest BCUT2D eigenvalue weighted by atomic mass is 10.2. The van der Waals surface area contributed by atoms with Gasteiger partial charge in [-0.25, -0.2) is 8.42 Å². The zero-order valence-electron chi connectivity index (χ0n) is 15.6. The van der Waals surface area contributed by atoms with E-state index in [1.165, 1.54) is 4.31 Å². The van der Waals surface area contributed by atoms with Crippen molar-refractivity contribution in [2.45, 2.75) is 32.1 Å². The molecule has 5 nitrogen and oxygen atoms in total. The van der Waals surface area contributed by atoms with Crippen molar-refractivity contribution >= 4 is 21.6 Å². The predicted octanol–water partition coefficient (Wildman–Crippen LogP) is 3.31. The normalized spacial score (nSPS) is 11.2. The molecule has 2 rings (SSSR count). The number of hydrogen-bond donors (Lipinski definition) is 0. The van der Waals surface area contributed by atoms with E-state index in [1.54, 1.807) is 41.3 Å². The van der Waals surface area contributed by atoms with Crippen molar-refractivity contribution in [1.29, 1.82) is 0 Å². The van der Waals surface area contributed by atoms with E-state index >= 15 is 0 Å². The molecule has 0 atom stereocenters. The Morgan fingerprint density at radius 2 is 1.46 bits per heavy atom. The number of aryl methyl sites for hydroxylation is 1. The number of anilines is 1. The molecule has 0 fully saturated rings. The molecule has 0 N–H and O–H groups in total. The Balaban J connectivity index is 2.43. The zero-order chi connectivity index (χ0) is 19.2. The van der Waals surface area contributed by atoms with E-state index in [9.17, 15) is 13.2 Å². The highest BCUT2D eigenvalue weighted by molar-refractivity contribution is 7.92. The topological polar surface area (TPSA) is 57.7 Å². The molecule has 0 radical (unpaired) electrons. The van der Waals surface area contributed by atoms with Crippen LogP contribution in [0.2, 0.25) is 0 Å². The number of hydrogen-bond acceptors (Lipinski definition) is 3. The Hall–Kier alpha value is -2.34. The minimum absolute atomic E-state index is 0.186. The Morgan fingerprint density at radius 1 is 0.885 bits per heavy atom. The molecule has 0 aromatic heterocycles. The average Bonchev–Trinajstić information content (AvgIpc) is 2.67. The van der Waals surface area contributed by atoms with E-state index in [0.29, 0.717) is 18.8 Å². The van der Waals surface area contributed by atoms with E-state index in [1.807, 2.05) is 39.0 Å². The maximum Gasteiger partial charge on any atom is 0.264 e. The maximum absolute atomic E-state index is 13.2. The van der Waals surface area contributed by atoms with Gasteiger partial charge in [0.25, 0.3) is 10.0 Å². The SMILES string of the molecule is CCc1ccc(S(=O)(=O)N(CC(=O)N(CC)CC)c2ccccc2)cc1. The molecular weight excluding hydrogens is 348 g/mol. The molecule has 0 aliphatic carbocycles. The Morgan fingerprint density at radius 3 is 1.96 bits per heavy atom. The van der Waals surface area contributed by atoms with Gasteiger partial charge in [0.2, 0.25) is 5.91 Å². The Labute approximate surface area is 156 Å². The molecule has 0 unspecified atom stereocenters. The molecule has 0 bridgehead atoms. The molecule has 0 saturated carbocycles. The molecule has 6 heteroatoms. The van der Waals surface area contributed by atoms with Gasteiger partial charge in [-0.05, 0) is 50.1 Å². The van der Waals surface area contributed by atoms with Gasteiger partial charge in [-0.1, -0.05) is 37.3 Å². The summed E-state index contributed by atoms with van der Waals surface area (Å²) in [6, 6.07) is 15.6. The van der Waals surface area contributed by atoms with Crippen LogP contribution in [0.5, 0.6) is 0 Å². The van der Waals surface area contributed by atoms with E-state index in [4.69, 9.17) is 0 Å². The van der Waals surface area contributed by atoms with Gasteiger partial charge in [-0.3, -0.25) is 9.10 Å². The van der Waals surface area contributed by atoms with Crippen LogP contribution in [-0.2, 0) is 21.2 Å². The van der Waals surface area contributed by atoms with Crippen molar-refractivity contribution in [3.8, 4) is 0 Å². The fourth-order valence-electron chi connectivity index (χ4n) is 2.73. The van der Waals surface area contributed by atoms with Gasteiger partial charge in [-0.15, -0.1) is 0 Å². The minimum Gasteiger partial charge on any atom is -0.342 e. The lowest BCUT2D eigenvalue weighted by molar-refractivity contribution is -0.129. The summed E-state index contributed by atoms with van der Waals surface area (Å²) in [6.07, 6.45) is 0.836. The van der Waals surface area contributed by atoms with Crippen LogP contribution in [0.15, 0.2) is 59.5 Å². The molecular formula is C20H26N2O3S. The van der Waals surface area contributed by atoms with Crippen molar-refractivity contribution < 1.29 is 13.2 Å². The van der Waals surface area contributed by atoms with Crippen molar-refractivity contribution in [2.24, 2.45) is 0 Å². The third-order valence-corrected chi connectivity index (χ3v) is 6.15. The summed E-state index contributed by atoms with van der Waals surface area (Å²) >= 11 is 0. The first kappa shape index (κ1) is 20.0. The van der Waals surface area contributed by atoms with Crippen LogP contribution < -0.4 is 4.31 Å². The van der Waals surface area contributed by atoms with Crippen molar-refractivity contribution in [2.75, 3.05) is 23.9 Å². The third kappa shape index (κ3) is 4.43. The Bertz CT molecular complexity index is 814. The van der Waals surface area contributed by atoms with Crippen molar-refractivity contribution in [1.82, 2.24) is 4.90 Å². The zero-order valence-corrected chi connectivity index (χ0v) is 16.4. The molecule has 0 saturated heterocycles. The fourth-order valence-corrected chi connectivity index (χ4v) is 4.15. The average molecular weight is 375 g/mol. The van der Waals surface area contributed by atoms with Crippen molar-refractivity contribution in [3.63, 3.8) is 0 Å². The first-order valence-corrected chi connectivity index (χ1v) is 10.3. The second kappa shape index (κ2) is 8.85. The summed E-state index contributed by atoms with van der Waals surface area (Å²) in [7, 11) is -3.84. The summed E-state index contributed by atoms with van der Waals surface area (Å²) in [5.74, 6) is -0.215. The smallest absolute Gasteiger partial charge is 0.264 e. The lowest BCUT2D eigenvalue weighted by Crippen LogP contribution is -2.43. The molecule has 1 amide bonds. The van der Waals surface area contributed by atoms with E-state index in [2.05, 4.69) is 0 Å². The number of rotatable bonds is 8. The molecule has 26 heavy (non-hydrogen) atoms. The molecule has 0 aliphatic heterocycles. The molecule has 0 spiro atoms.